The Hall–Kier alpha value is -2.29. The number of halogens is 3. The topological polar surface area (TPSA) is 62.5 Å². The average Bonchev–Trinajstić information content (AvgIpc) is 3.27. The third kappa shape index (κ3) is 3.04. The van der Waals surface area contributed by atoms with Gasteiger partial charge in [0.25, 0.3) is 5.91 Å². The lowest BCUT2D eigenvalue weighted by Crippen LogP contribution is -2.47. The summed E-state index contributed by atoms with van der Waals surface area (Å²) < 4.78 is 41.4. The fraction of sp³-hybridized carbons (Fsp3) is 0.375. The maximum atomic E-state index is 13.3. The summed E-state index contributed by atoms with van der Waals surface area (Å²) in [4.78, 5) is 25.9. The number of hydrogen-bond donors (Lipinski definition) is 1. The first kappa shape index (κ1) is 17.5. The summed E-state index contributed by atoms with van der Waals surface area (Å²) in [6, 6.07) is 6.94. The minimum absolute atomic E-state index is 0.241. The second kappa shape index (κ2) is 6.21. The molecule has 9 heteroatoms. The van der Waals surface area contributed by atoms with Gasteiger partial charge in [-0.3, -0.25) is 9.59 Å². The highest BCUT2D eigenvalue weighted by Gasteiger charge is 2.64. The number of amides is 1. The molecule has 1 fully saturated rings. The Labute approximate surface area is 145 Å². The van der Waals surface area contributed by atoms with Crippen LogP contribution in [0.25, 0.3) is 0 Å². The monoisotopic (exact) mass is 372 g/mol. The van der Waals surface area contributed by atoms with Gasteiger partial charge in [-0.05, 0) is 30.0 Å². The van der Waals surface area contributed by atoms with E-state index in [1.165, 1.54) is 17.4 Å². The number of nitrogens with zero attached hydrogens (tertiary/aromatic N) is 2. The molecule has 2 aromatic rings. The molecule has 0 bridgehead atoms. The van der Waals surface area contributed by atoms with Crippen LogP contribution in [0.15, 0.2) is 35.8 Å². The van der Waals surface area contributed by atoms with Crippen molar-refractivity contribution in [1.29, 1.82) is 0 Å². The van der Waals surface area contributed by atoms with Gasteiger partial charge in [0.05, 0.1) is 6.54 Å². The number of carbonyl (C=O) groups is 2. The SMILES string of the molecule is O=C(c1cccn1Cc1cccs1)N1CCC(C(=O)O)(C(F)(F)F)C1. The molecule has 1 aliphatic rings. The van der Waals surface area contributed by atoms with Gasteiger partial charge in [0.15, 0.2) is 5.41 Å². The molecule has 1 amide bonds. The van der Waals surface area contributed by atoms with Crippen molar-refractivity contribution < 1.29 is 27.9 Å². The zero-order valence-corrected chi connectivity index (χ0v) is 13.8. The maximum absolute atomic E-state index is 13.3. The Kier molecular flexibility index (Phi) is 4.36. The highest BCUT2D eigenvalue weighted by Crippen LogP contribution is 2.46. The van der Waals surface area contributed by atoms with E-state index in [9.17, 15) is 22.8 Å². The molecule has 0 spiro atoms. The number of aliphatic carboxylic acids is 1. The van der Waals surface area contributed by atoms with Crippen LogP contribution in [0, 0.1) is 5.41 Å². The van der Waals surface area contributed by atoms with Gasteiger partial charge in [-0.25, -0.2) is 0 Å². The number of hydrogen-bond acceptors (Lipinski definition) is 3. The van der Waals surface area contributed by atoms with Crippen LogP contribution in [-0.4, -0.2) is 45.7 Å². The van der Waals surface area contributed by atoms with E-state index in [1.807, 2.05) is 17.5 Å². The predicted molar refractivity (Wildman–Crippen MR) is 84.5 cm³/mol. The fourth-order valence-electron chi connectivity index (χ4n) is 2.99. The second-order valence-corrected chi connectivity index (χ2v) is 6.99. The molecule has 134 valence electrons. The fourth-order valence-corrected chi connectivity index (χ4v) is 3.69. The molecule has 1 N–H and O–H groups in total. The van der Waals surface area contributed by atoms with Crippen molar-refractivity contribution in [1.82, 2.24) is 9.47 Å². The molecule has 1 unspecified atom stereocenters. The molecule has 3 rings (SSSR count). The highest BCUT2D eigenvalue weighted by molar-refractivity contribution is 7.09. The van der Waals surface area contributed by atoms with Crippen molar-refractivity contribution in [3.8, 4) is 0 Å². The number of carboxylic acid groups (broad SMARTS) is 1. The standard InChI is InChI=1S/C16H15F3N2O3S/c17-16(18,19)15(14(23)24)5-7-21(10-15)13(22)12-4-1-6-20(12)9-11-3-2-8-25-11/h1-4,6,8H,5,7,9-10H2,(H,23,24). The van der Waals surface area contributed by atoms with E-state index < -0.39 is 36.4 Å². The quantitative estimate of drug-likeness (QED) is 0.897. The van der Waals surface area contributed by atoms with Crippen molar-refractivity contribution in [3.05, 3.63) is 46.4 Å². The molecule has 1 atom stereocenters. The summed E-state index contributed by atoms with van der Waals surface area (Å²) in [6.07, 6.45) is -3.87. The molecule has 5 nitrogen and oxygen atoms in total. The molecule has 1 saturated heterocycles. The Morgan fingerprint density at radius 2 is 2.04 bits per heavy atom. The van der Waals surface area contributed by atoms with Crippen LogP contribution in [0.4, 0.5) is 13.2 Å². The minimum atomic E-state index is -4.91. The van der Waals surface area contributed by atoms with E-state index in [1.54, 1.807) is 16.8 Å². The van der Waals surface area contributed by atoms with Gasteiger partial charge in [-0.2, -0.15) is 13.2 Å². The summed E-state index contributed by atoms with van der Waals surface area (Å²) in [7, 11) is 0. The van der Waals surface area contributed by atoms with Gasteiger partial charge in [0, 0.05) is 24.2 Å². The lowest BCUT2D eigenvalue weighted by molar-refractivity contribution is -0.227. The third-order valence-corrected chi connectivity index (χ3v) is 5.32. The summed E-state index contributed by atoms with van der Waals surface area (Å²) in [6.45, 7) is -0.674. The Balaban J connectivity index is 1.81. The molecule has 0 radical (unpaired) electrons. The van der Waals surface area contributed by atoms with Crippen LogP contribution in [0.1, 0.15) is 21.8 Å². The van der Waals surface area contributed by atoms with Crippen LogP contribution in [-0.2, 0) is 11.3 Å². The largest absolute Gasteiger partial charge is 0.481 e. The van der Waals surface area contributed by atoms with E-state index in [4.69, 9.17) is 5.11 Å². The summed E-state index contributed by atoms with van der Waals surface area (Å²) >= 11 is 1.51. The highest BCUT2D eigenvalue weighted by atomic mass is 32.1. The lowest BCUT2D eigenvalue weighted by Gasteiger charge is -2.27. The van der Waals surface area contributed by atoms with Gasteiger partial charge in [0.2, 0.25) is 0 Å². The third-order valence-electron chi connectivity index (χ3n) is 4.46. The van der Waals surface area contributed by atoms with Gasteiger partial charge in [-0.15, -0.1) is 11.3 Å². The normalized spacial score (nSPS) is 20.8. The lowest BCUT2D eigenvalue weighted by atomic mass is 9.86. The van der Waals surface area contributed by atoms with Crippen molar-refractivity contribution in [3.63, 3.8) is 0 Å². The van der Waals surface area contributed by atoms with Crippen molar-refractivity contribution >= 4 is 23.2 Å². The predicted octanol–water partition coefficient (Wildman–Crippen LogP) is 3.08. The molecule has 25 heavy (non-hydrogen) atoms. The number of likely N-dealkylation sites (tertiary alicyclic amines) is 1. The van der Waals surface area contributed by atoms with E-state index in [2.05, 4.69) is 0 Å². The first-order chi connectivity index (χ1) is 11.7. The number of rotatable bonds is 4. The first-order valence-electron chi connectivity index (χ1n) is 7.51. The smallest absolute Gasteiger partial charge is 0.406 e. The van der Waals surface area contributed by atoms with Crippen molar-refractivity contribution in [2.45, 2.75) is 19.1 Å². The molecule has 0 aromatic carbocycles. The van der Waals surface area contributed by atoms with Crippen LogP contribution in [0.3, 0.4) is 0 Å². The molecule has 0 aliphatic carbocycles. The molecule has 2 aromatic heterocycles. The molecular formula is C16H15F3N2O3S. The van der Waals surface area contributed by atoms with Gasteiger partial charge >= 0.3 is 12.1 Å². The number of alkyl halides is 3. The van der Waals surface area contributed by atoms with Gasteiger partial charge in [0.1, 0.15) is 5.69 Å². The summed E-state index contributed by atoms with van der Waals surface area (Å²) in [5.41, 5.74) is -2.65. The first-order valence-corrected chi connectivity index (χ1v) is 8.39. The molecule has 0 saturated carbocycles. The van der Waals surface area contributed by atoms with E-state index in [-0.39, 0.29) is 12.2 Å². The van der Waals surface area contributed by atoms with Crippen LogP contribution < -0.4 is 0 Å². The minimum Gasteiger partial charge on any atom is -0.481 e. The van der Waals surface area contributed by atoms with Crippen molar-refractivity contribution in [2.24, 2.45) is 5.41 Å². The van der Waals surface area contributed by atoms with Gasteiger partial charge < -0.3 is 14.6 Å². The zero-order chi connectivity index (χ0) is 18.2. The van der Waals surface area contributed by atoms with Crippen LogP contribution >= 0.6 is 11.3 Å². The van der Waals surface area contributed by atoms with Crippen LogP contribution in [0.2, 0.25) is 0 Å². The zero-order valence-electron chi connectivity index (χ0n) is 13.0. The van der Waals surface area contributed by atoms with E-state index >= 15 is 0 Å². The summed E-state index contributed by atoms with van der Waals surface area (Å²) in [5.74, 6) is -2.53. The van der Waals surface area contributed by atoms with Crippen LogP contribution in [0.5, 0.6) is 0 Å². The number of carboxylic acids is 1. The average molecular weight is 372 g/mol. The Bertz CT molecular complexity index is 785. The number of carbonyl (C=O) groups excluding carboxylic acids is 1. The van der Waals surface area contributed by atoms with E-state index in [0.29, 0.717) is 6.54 Å². The molecule has 1 aliphatic heterocycles. The molecule has 3 heterocycles. The Morgan fingerprint density at radius 1 is 1.28 bits per heavy atom. The van der Waals surface area contributed by atoms with E-state index in [0.717, 1.165) is 9.78 Å². The summed E-state index contributed by atoms with van der Waals surface area (Å²) in [5, 5.41) is 11.0. The van der Waals surface area contributed by atoms with Crippen molar-refractivity contribution in [2.75, 3.05) is 13.1 Å². The Morgan fingerprint density at radius 3 is 2.60 bits per heavy atom. The number of aromatic nitrogens is 1. The van der Waals surface area contributed by atoms with Gasteiger partial charge in [-0.1, -0.05) is 6.07 Å². The maximum Gasteiger partial charge on any atom is 0.406 e. The second-order valence-electron chi connectivity index (χ2n) is 5.96. The molecular weight excluding hydrogens is 357 g/mol. The number of thiophene rings is 1.